The van der Waals surface area contributed by atoms with Gasteiger partial charge in [0.05, 0.1) is 6.42 Å². The molecule has 2 nitrogen and oxygen atoms in total. The van der Waals surface area contributed by atoms with Crippen LogP contribution in [0, 0.1) is 0 Å². The second-order valence-corrected chi connectivity index (χ2v) is 1.58. The molecule has 0 aliphatic carbocycles. The predicted molar refractivity (Wildman–Crippen MR) is 37.5 cm³/mol. The van der Waals surface area contributed by atoms with E-state index in [0.717, 1.165) is 0 Å². The fraction of sp³-hybridized carbons (Fsp3) is 0.600. The van der Waals surface area contributed by atoms with Gasteiger partial charge in [0.1, 0.15) is 11.6 Å². The Hall–Kier alpha value is 1.01. The molecule has 4 heteroatoms. The van der Waals surface area contributed by atoms with Crippen molar-refractivity contribution in [2.75, 3.05) is 0 Å². The number of ketones is 2. The zero-order valence-electron chi connectivity index (χ0n) is 5.60. The first-order chi connectivity index (χ1) is 3.13. The number of carbonyl (C=O) groups excluding carboxylic acids is 2. The van der Waals surface area contributed by atoms with Crippen molar-refractivity contribution in [2.24, 2.45) is 0 Å². The summed E-state index contributed by atoms with van der Waals surface area (Å²) in [7, 11) is 0. The SMILES string of the molecule is CC(=O)CC(C)=O.[In].[Sn]. The van der Waals surface area contributed by atoms with Crippen LogP contribution in [0.5, 0.6) is 0 Å². The molecule has 0 amide bonds. The summed E-state index contributed by atoms with van der Waals surface area (Å²) in [6.45, 7) is 2.81. The average Bonchev–Trinajstić information content (AvgIpc) is 1.27. The normalized spacial score (nSPS) is 6.44. The van der Waals surface area contributed by atoms with Crippen molar-refractivity contribution >= 4 is 61.3 Å². The molecular weight excluding hydrogens is 326 g/mol. The number of hydrogen-bond acceptors (Lipinski definition) is 2. The van der Waals surface area contributed by atoms with E-state index in [0.29, 0.717) is 0 Å². The van der Waals surface area contributed by atoms with Crippen LogP contribution in [0.1, 0.15) is 20.3 Å². The van der Waals surface area contributed by atoms with Gasteiger partial charge in [-0.1, -0.05) is 0 Å². The fourth-order valence-corrected chi connectivity index (χ4v) is 0.351. The molecule has 7 radical (unpaired) electrons. The third-order valence-corrected chi connectivity index (χ3v) is 0.498. The molecule has 0 heterocycles. The Balaban J connectivity index is -0.000000180. The number of carbonyl (C=O) groups is 2. The molecule has 0 atom stereocenters. The van der Waals surface area contributed by atoms with Crippen LogP contribution in [0.2, 0.25) is 0 Å². The summed E-state index contributed by atoms with van der Waals surface area (Å²) in [6, 6.07) is 0. The molecule has 47 valence electrons. The van der Waals surface area contributed by atoms with Crippen LogP contribution in [-0.2, 0) is 9.59 Å². The molecule has 0 unspecified atom stereocenters. The van der Waals surface area contributed by atoms with Gasteiger partial charge in [0.25, 0.3) is 0 Å². The second-order valence-electron chi connectivity index (χ2n) is 1.58. The average molecular weight is 334 g/mol. The Bertz CT molecular complexity index is 91.1. The van der Waals surface area contributed by atoms with Crippen LogP contribution >= 0.6 is 0 Å². The van der Waals surface area contributed by atoms with Crippen molar-refractivity contribution in [1.29, 1.82) is 0 Å². The van der Waals surface area contributed by atoms with E-state index in [-0.39, 0.29) is 67.7 Å². The maximum absolute atomic E-state index is 10.0. The van der Waals surface area contributed by atoms with Gasteiger partial charge in [0, 0.05) is 49.8 Å². The van der Waals surface area contributed by atoms with Crippen LogP contribution in [0.3, 0.4) is 0 Å². The first kappa shape index (κ1) is 16.5. The summed E-state index contributed by atoms with van der Waals surface area (Å²) in [5.74, 6) is -0.125. The summed E-state index contributed by atoms with van der Waals surface area (Å²) in [4.78, 5) is 20.1. The Kier molecular flexibility index (Phi) is 16.6. The fourth-order valence-electron chi connectivity index (χ4n) is 0.351. The molecule has 0 fully saturated rings. The van der Waals surface area contributed by atoms with E-state index in [1.54, 1.807) is 0 Å². The molecule has 0 saturated carbocycles. The molecule has 0 aromatic carbocycles. The molecule has 0 aromatic heterocycles. The zero-order valence-corrected chi connectivity index (χ0v) is 11.8. The minimum absolute atomic E-state index is 0. The summed E-state index contributed by atoms with van der Waals surface area (Å²) in [5.41, 5.74) is 0. The van der Waals surface area contributed by atoms with Gasteiger partial charge in [0.15, 0.2) is 0 Å². The zero-order chi connectivity index (χ0) is 5.86. The predicted octanol–water partition coefficient (Wildman–Crippen LogP) is -0.207. The van der Waals surface area contributed by atoms with Gasteiger partial charge in [-0.2, -0.15) is 0 Å². The van der Waals surface area contributed by atoms with Gasteiger partial charge in [-0.05, 0) is 13.8 Å². The summed E-state index contributed by atoms with van der Waals surface area (Å²) >= 11 is 0. The monoisotopic (exact) mass is 335 g/mol. The van der Waals surface area contributed by atoms with Gasteiger partial charge in [0.2, 0.25) is 0 Å². The first-order valence-corrected chi connectivity index (χ1v) is 2.12. The molecule has 0 spiro atoms. The van der Waals surface area contributed by atoms with E-state index in [4.69, 9.17) is 0 Å². The van der Waals surface area contributed by atoms with Crippen molar-refractivity contribution in [2.45, 2.75) is 20.3 Å². The minimum Gasteiger partial charge on any atom is -0.300 e. The van der Waals surface area contributed by atoms with Crippen molar-refractivity contribution in [1.82, 2.24) is 0 Å². The molecule has 0 saturated heterocycles. The van der Waals surface area contributed by atoms with Gasteiger partial charge in [-0.3, -0.25) is 9.59 Å². The van der Waals surface area contributed by atoms with E-state index < -0.39 is 0 Å². The van der Waals surface area contributed by atoms with E-state index in [9.17, 15) is 9.59 Å². The smallest absolute Gasteiger partial charge is 0.137 e. The van der Waals surface area contributed by atoms with Crippen LogP contribution in [0.15, 0.2) is 0 Å². The Morgan fingerprint density at radius 1 is 1.11 bits per heavy atom. The van der Waals surface area contributed by atoms with Crippen LogP contribution in [0.4, 0.5) is 0 Å². The second kappa shape index (κ2) is 9.01. The molecule has 0 rings (SSSR count). The quantitative estimate of drug-likeness (QED) is 0.518. The van der Waals surface area contributed by atoms with Crippen LogP contribution in [-0.4, -0.2) is 61.3 Å². The summed E-state index contributed by atoms with van der Waals surface area (Å²) in [6.07, 6.45) is 0.0833. The third kappa shape index (κ3) is 17.6. The molecular formula is C5H8InO2Sn. The largest absolute Gasteiger partial charge is 0.300 e. The Labute approximate surface area is 90.5 Å². The van der Waals surface area contributed by atoms with Gasteiger partial charge >= 0.3 is 0 Å². The Morgan fingerprint density at radius 2 is 1.33 bits per heavy atom. The van der Waals surface area contributed by atoms with Gasteiger partial charge < -0.3 is 0 Å². The maximum atomic E-state index is 10.0. The van der Waals surface area contributed by atoms with E-state index >= 15 is 0 Å². The standard InChI is InChI=1S/C5H8O2.In.Sn/c1-4(6)3-5(2)7;;/h3H2,1-2H3;;. The van der Waals surface area contributed by atoms with Gasteiger partial charge in [-0.15, -0.1) is 0 Å². The number of Topliss-reactive ketones (excluding diaryl/α,β-unsaturated/α-hetero) is 2. The van der Waals surface area contributed by atoms with Crippen LogP contribution < -0.4 is 0 Å². The maximum Gasteiger partial charge on any atom is 0.137 e. The first-order valence-electron chi connectivity index (χ1n) is 2.12. The molecule has 0 aliphatic rings. The molecule has 0 N–H and O–H groups in total. The van der Waals surface area contributed by atoms with E-state index in [1.165, 1.54) is 13.8 Å². The number of rotatable bonds is 2. The molecule has 0 aromatic rings. The van der Waals surface area contributed by atoms with Crippen molar-refractivity contribution < 1.29 is 9.59 Å². The number of hydrogen-bond donors (Lipinski definition) is 0. The molecule has 0 bridgehead atoms. The van der Waals surface area contributed by atoms with Crippen molar-refractivity contribution in [3.05, 3.63) is 0 Å². The van der Waals surface area contributed by atoms with E-state index in [2.05, 4.69) is 0 Å². The summed E-state index contributed by atoms with van der Waals surface area (Å²) in [5, 5.41) is 0. The van der Waals surface area contributed by atoms with Gasteiger partial charge in [-0.25, -0.2) is 0 Å². The van der Waals surface area contributed by atoms with Crippen LogP contribution in [0.25, 0.3) is 0 Å². The minimum atomic E-state index is -0.0625. The van der Waals surface area contributed by atoms with Crippen molar-refractivity contribution in [3.63, 3.8) is 0 Å². The Morgan fingerprint density at radius 3 is 1.33 bits per heavy atom. The molecule has 9 heavy (non-hydrogen) atoms. The third-order valence-electron chi connectivity index (χ3n) is 0.498. The summed E-state index contributed by atoms with van der Waals surface area (Å²) < 4.78 is 0. The van der Waals surface area contributed by atoms with E-state index in [1.807, 2.05) is 0 Å². The van der Waals surface area contributed by atoms with Crippen molar-refractivity contribution in [3.8, 4) is 0 Å². The molecule has 0 aliphatic heterocycles. The topological polar surface area (TPSA) is 34.1 Å².